The van der Waals surface area contributed by atoms with E-state index in [1.165, 1.54) is 4.90 Å². The zero-order valence-electron chi connectivity index (χ0n) is 16.6. The maximum Gasteiger partial charge on any atom is 0.321 e. The van der Waals surface area contributed by atoms with Crippen molar-refractivity contribution in [2.45, 2.75) is 32.6 Å². The Labute approximate surface area is 173 Å². The molecule has 0 unspecified atom stereocenters. The maximum absolute atomic E-state index is 12.5. The lowest BCUT2D eigenvalue weighted by Crippen LogP contribution is -2.40. The van der Waals surface area contributed by atoms with E-state index in [-0.39, 0.29) is 17.9 Å². The largest absolute Gasteiger partial charge is 0.445 e. The highest BCUT2D eigenvalue weighted by Crippen LogP contribution is 2.29. The molecular weight excluding hydrogens is 424 g/mol. The summed E-state index contributed by atoms with van der Waals surface area (Å²) in [7, 11) is 3.39. The lowest BCUT2D eigenvalue weighted by atomic mass is 9.97. The number of anilines is 1. The first-order valence-electron chi connectivity index (χ1n) is 9.27. The highest BCUT2D eigenvalue weighted by Gasteiger charge is 2.29. The standard InChI is InChI=1S/C20H25BrN4O3/c1-12-11-15(5-6-16(12)21)22-20(27)25-9-7-14(8-10-25)18-23-17(13(2)28-18)19(26)24(3)4/h5-6,11,14H,7-10H2,1-4H3,(H,22,27). The van der Waals surface area contributed by atoms with Gasteiger partial charge in [0.1, 0.15) is 5.76 Å². The van der Waals surface area contributed by atoms with E-state index >= 15 is 0 Å². The summed E-state index contributed by atoms with van der Waals surface area (Å²) in [4.78, 5) is 32.4. The van der Waals surface area contributed by atoms with Gasteiger partial charge in [-0.15, -0.1) is 0 Å². The predicted molar refractivity (Wildman–Crippen MR) is 111 cm³/mol. The molecule has 1 aromatic heterocycles. The number of nitrogens with one attached hydrogen (secondary N) is 1. The number of urea groups is 1. The van der Waals surface area contributed by atoms with E-state index in [1.807, 2.05) is 25.1 Å². The van der Waals surface area contributed by atoms with Gasteiger partial charge in [-0.2, -0.15) is 0 Å². The van der Waals surface area contributed by atoms with Crippen molar-refractivity contribution in [3.8, 4) is 0 Å². The fourth-order valence-electron chi connectivity index (χ4n) is 3.26. The number of oxazole rings is 1. The first kappa shape index (κ1) is 20.4. The molecule has 8 heteroatoms. The molecule has 3 amide bonds. The predicted octanol–water partition coefficient (Wildman–Crippen LogP) is 4.17. The molecule has 0 saturated carbocycles. The average molecular weight is 449 g/mol. The second kappa shape index (κ2) is 8.34. The number of halogens is 1. The number of benzene rings is 1. The minimum Gasteiger partial charge on any atom is -0.445 e. The SMILES string of the molecule is Cc1cc(NC(=O)N2CCC(c3nc(C(=O)N(C)C)c(C)o3)CC2)ccc1Br. The van der Waals surface area contributed by atoms with Gasteiger partial charge < -0.3 is 19.5 Å². The Bertz CT molecular complexity index is 886. The molecule has 0 atom stereocenters. The van der Waals surface area contributed by atoms with E-state index in [9.17, 15) is 9.59 Å². The Morgan fingerprint density at radius 2 is 1.93 bits per heavy atom. The summed E-state index contributed by atoms with van der Waals surface area (Å²) in [5.41, 5.74) is 2.22. The Morgan fingerprint density at radius 3 is 2.54 bits per heavy atom. The van der Waals surface area contributed by atoms with E-state index in [4.69, 9.17) is 4.42 Å². The summed E-state index contributed by atoms with van der Waals surface area (Å²) < 4.78 is 6.77. The van der Waals surface area contributed by atoms with Gasteiger partial charge in [0.15, 0.2) is 11.6 Å². The number of hydrogen-bond donors (Lipinski definition) is 1. The molecule has 0 spiro atoms. The third-order valence-corrected chi connectivity index (χ3v) is 5.85. The van der Waals surface area contributed by atoms with Crippen LogP contribution in [0.2, 0.25) is 0 Å². The van der Waals surface area contributed by atoms with Gasteiger partial charge in [0.25, 0.3) is 5.91 Å². The summed E-state index contributed by atoms with van der Waals surface area (Å²) >= 11 is 3.46. The average Bonchev–Trinajstić information content (AvgIpc) is 3.05. The van der Waals surface area contributed by atoms with E-state index in [2.05, 4.69) is 26.2 Å². The smallest absolute Gasteiger partial charge is 0.321 e. The summed E-state index contributed by atoms with van der Waals surface area (Å²) in [6.07, 6.45) is 1.50. The minimum atomic E-state index is -0.158. The van der Waals surface area contributed by atoms with Crippen LogP contribution in [-0.2, 0) is 0 Å². The minimum absolute atomic E-state index is 0.104. The van der Waals surface area contributed by atoms with Crippen molar-refractivity contribution in [3.05, 3.63) is 45.6 Å². The summed E-state index contributed by atoms with van der Waals surface area (Å²) in [6, 6.07) is 5.63. The molecule has 2 heterocycles. The number of rotatable bonds is 3. The van der Waals surface area contributed by atoms with E-state index in [1.54, 1.807) is 25.9 Å². The van der Waals surface area contributed by atoms with Crippen LogP contribution in [0.1, 0.15) is 46.5 Å². The molecule has 150 valence electrons. The fourth-order valence-corrected chi connectivity index (χ4v) is 3.50. The Morgan fingerprint density at radius 1 is 1.25 bits per heavy atom. The fraction of sp³-hybridized carbons (Fsp3) is 0.450. The quantitative estimate of drug-likeness (QED) is 0.763. The Balaban J connectivity index is 1.60. The first-order valence-corrected chi connectivity index (χ1v) is 10.1. The first-order chi connectivity index (χ1) is 13.3. The van der Waals surface area contributed by atoms with E-state index in [0.717, 1.165) is 28.6 Å². The van der Waals surface area contributed by atoms with Crippen LogP contribution >= 0.6 is 15.9 Å². The van der Waals surface area contributed by atoms with Crippen LogP contribution in [-0.4, -0.2) is 53.9 Å². The van der Waals surface area contributed by atoms with Gasteiger partial charge in [-0.25, -0.2) is 9.78 Å². The molecule has 2 aromatic rings. The van der Waals surface area contributed by atoms with E-state index in [0.29, 0.717) is 30.4 Å². The van der Waals surface area contributed by atoms with Crippen LogP contribution in [0.25, 0.3) is 0 Å². The van der Waals surface area contributed by atoms with Gasteiger partial charge in [0.2, 0.25) is 0 Å². The van der Waals surface area contributed by atoms with E-state index < -0.39 is 0 Å². The normalized spacial score (nSPS) is 14.8. The molecule has 28 heavy (non-hydrogen) atoms. The molecule has 1 aromatic carbocycles. The van der Waals surface area contributed by atoms with Crippen molar-refractivity contribution in [2.75, 3.05) is 32.5 Å². The lowest BCUT2D eigenvalue weighted by Gasteiger charge is -2.30. The van der Waals surface area contributed by atoms with Crippen LogP contribution in [0, 0.1) is 13.8 Å². The summed E-state index contributed by atoms with van der Waals surface area (Å²) in [5.74, 6) is 1.08. The van der Waals surface area contributed by atoms with Crippen LogP contribution in [0.3, 0.4) is 0 Å². The number of aromatic nitrogens is 1. The second-order valence-electron chi connectivity index (χ2n) is 7.31. The highest BCUT2D eigenvalue weighted by molar-refractivity contribution is 9.10. The molecule has 1 aliphatic heterocycles. The molecule has 3 rings (SSSR count). The molecular formula is C20H25BrN4O3. The molecule has 1 saturated heterocycles. The third kappa shape index (κ3) is 4.38. The number of piperidine rings is 1. The van der Waals surface area contributed by atoms with Crippen LogP contribution < -0.4 is 5.32 Å². The van der Waals surface area contributed by atoms with Crippen molar-refractivity contribution >= 4 is 33.6 Å². The van der Waals surface area contributed by atoms with Gasteiger partial charge >= 0.3 is 6.03 Å². The number of carbonyl (C=O) groups is 2. The van der Waals surface area contributed by atoms with Gasteiger partial charge in [-0.1, -0.05) is 15.9 Å². The van der Waals surface area contributed by atoms with Gasteiger partial charge in [-0.05, 0) is 50.5 Å². The topological polar surface area (TPSA) is 78.7 Å². The van der Waals surface area contributed by atoms with Crippen LogP contribution in [0.5, 0.6) is 0 Å². The number of amides is 3. The molecule has 1 N–H and O–H groups in total. The molecule has 7 nitrogen and oxygen atoms in total. The zero-order valence-corrected chi connectivity index (χ0v) is 18.2. The van der Waals surface area contributed by atoms with Crippen molar-refractivity contribution < 1.29 is 14.0 Å². The van der Waals surface area contributed by atoms with Crippen molar-refractivity contribution in [1.82, 2.24) is 14.8 Å². The monoisotopic (exact) mass is 448 g/mol. The lowest BCUT2D eigenvalue weighted by molar-refractivity contribution is 0.0821. The Kier molecular flexibility index (Phi) is 6.07. The Hall–Kier alpha value is -2.35. The number of carbonyl (C=O) groups excluding carboxylic acids is 2. The molecule has 0 radical (unpaired) electrons. The maximum atomic E-state index is 12.5. The molecule has 1 fully saturated rings. The van der Waals surface area contributed by atoms with Crippen LogP contribution in [0.4, 0.5) is 10.5 Å². The van der Waals surface area contributed by atoms with Gasteiger partial charge in [0, 0.05) is 43.3 Å². The number of hydrogen-bond acceptors (Lipinski definition) is 4. The van der Waals surface area contributed by atoms with Gasteiger partial charge in [0.05, 0.1) is 0 Å². The van der Waals surface area contributed by atoms with Crippen molar-refractivity contribution in [1.29, 1.82) is 0 Å². The van der Waals surface area contributed by atoms with Crippen molar-refractivity contribution in [3.63, 3.8) is 0 Å². The zero-order chi connectivity index (χ0) is 20.4. The number of aryl methyl sites for hydroxylation is 2. The molecule has 0 bridgehead atoms. The molecule has 1 aliphatic rings. The number of nitrogens with zero attached hydrogens (tertiary/aromatic N) is 3. The van der Waals surface area contributed by atoms with Crippen LogP contribution in [0.15, 0.2) is 27.1 Å². The summed E-state index contributed by atoms with van der Waals surface area (Å²) in [6.45, 7) is 4.98. The summed E-state index contributed by atoms with van der Waals surface area (Å²) in [5, 5.41) is 2.95. The van der Waals surface area contributed by atoms with Gasteiger partial charge in [-0.3, -0.25) is 4.79 Å². The van der Waals surface area contributed by atoms with Crippen molar-refractivity contribution in [2.24, 2.45) is 0 Å². The highest BCUT2D eigenvalue weighted by atomic mass is 79.9. The third-order valence-electron chi connectivity index (χ3n) is 4.96. The second-order valence-corrected chi connectivity index (χ2v) is 8.17. The molecule has 0 aliphatic carbocycles. The number of likely N-dealkylation sites (tertiary alicyclic amines) is 1.